The molecule has 8 nitrogen and oxygen atoms in total. The lowest BCUT2D eigenvalue weighted by atomic mass is 9.99. The summed E-state index contributed by atoms with van der Waals surface area (Å²) in [6, 6.07) is 12.6. The third kappa shape index (κ3) is 4.23. The fourth-order valence-electron chi connectivity index (χ4n) is 4.04. The van der Waals surface area contributed by atoms with Crippen LogP contribution in [0.4, 0.5) is 0 Å². The van der Waals surface area contributed by atoms with E-state index in [0.29, 0.717) is 5.02 Å². The highest BCUT2D eigenvalue weighted by molar-refractivity contribution is 7.89. The minimum absolute atomic E-state index is 0.0784. The predicted molar refractivity (Wildman–Crippen MR) is 124 cm³/mol. The van der Waals surface area contributed by atoms with Gasteiger partial charge in [0.05, 0.1) is 11.4 Å². The normalized spacial score (nSPS) is 21.4. The molecule has 4 rings (SSSR count). The average Bonchev–Trinajstić information content (AvgIpc) is 2.79. The van der Waals surface area contributed by atoms with E-state index in [-0.39, 0.29) is 35.6 Å². The summed E-state index contributed by atoms with van der Waals surface area (Å²) in [5, 5.41) is 0.550. The van der Waals surface area contributed by atoms with Crippen LogP contribution in [0.15, 0.2) is 71.5 Å². The van der Waals surface area contributed by atoms with E-state index in [4.69, 9.17) is 17.3 Å². The van der Waals surface area contributed by atoms with E-state index >= 15 is 0 Å². The molecule has 10 heteroatoms. The van der Waals surface area contributed by atoms with E-state index in [0.717, 1.165) is 9.87 Å². The number of amides is 2. The molecule has 0 radical (unpaired) electrons. The number of hydrogen-bond donors (Lipinski definition) is 1. The second-order valence-corrected chi connectivity index (χ2v) is 10.6. The molecule has 0 bridgehead atoms. The second kappa shape index (κ2) is 8.81. The molecule has 2 aromatic carbocycles. The summed E-state index contributed by atoms with van der Waals surface area (Å²) in [5.41, 5.74) is 6.88. The Kier molecular flexibility index (Phi) is 6.22. The van der Waals surface area contributed by atoms with Crippen LogP contribution < -0.4 is 5.73 Å². The van der Waals surface area contributed by atoms with Gasteiger partial charge in [0.2, 0.25) is 11.8 Å². The van der Waals surface area contributed by atoms with Gasteiger partial charge in [0.25, 0.3) is 10.0 Å². The van der Waals surface area contributed by atoms with Crippen LogP contribution in [0.5, 0.6) is 0 Å². The molecule has 2 unspecified atom stereocenters. The lowest BCUT2D eigenvalue weighted by molar-refractivity contribution is -0.149. The van der Waals surface area contributed by atoms with Crippen molar-refractivity contribution in [1.29, 1.82) is 0 Å². The highest BCUT2D eigenvalue weighted by Crippen LogP contribution is 2.33. The summed E-state index contributed by atoms with van der Waals surface area (Å²) < 4.78 is 28.2. The van der Waals surface area contributed by atoms with E-state index < -0.39 is 28.0 Å². The smallest absolute Gasteiger partial charge is 0.265 e. The van der Waals surface area contributed by atoms with Crippen LogP contribution in [0.3, 0.4) is 0 Å². The van der Waals surface area contributed by atoms with Crippen molar-refractivity contribution in [1.82, 2.24) is 14.1 Å². The molecule has 1 saturated heterocycles. The van der Waals surface area contributed by atoms with Crippen molar-refractivity contribution in [2.45, 2.75) is 43.3 Å². The summed E-state index contributed by atoms with van der Waals surface area (Å²) in [4.78, 5) is 29.4. The van der Waals surface area contributed by atoms with Crippen LogP contribution in [0.1, 0.15) is 19.4 Å². The molecule has 2 amide bonds. The van der Waals surface area contributed by atoms with Crippen molar-refractivity contribution < 1.29 is 18.0 Å². The van der Waals surface area contributed by atoms with Gasteiger partial charge in [-0.2, -0.15) is 0 Å². The molecule has 0 saturated carbocycles. The third-order valence-corrected chi connectivity index (χ3v) is 7.79. The van der Waals surface area contributed by atoms with Crippen molar-refractivity contribution in [3.05, 3.63) is 77.2 Å². The van der Waals surface area contributed by atoms with E-state index in [1.807, 2.05) is 13.8 Å². The highest BCUT2D eigenvalue weighted by Gasteiger charge is 2.49. The quantitative estimate of drug-likeness (QED) is 0.694. The first-order chi connectivity index (χ1) is 15.6. The number of halogens is 1. The molecular formula is C23H25ClN4O4S. The molecule has 1 fully saturated rings. The van der Waals surface area contributed by atoms with Gasteiger partial charge < -0.3 is 10.6 Å². The number of nitrogens with zero attached hydrogens (tertiary/aromatic N) is 3. The molecular weight excluding hydrogens is 464 g/mol. The lowest BCUT2D eigenvalue weighted by Crippen LogP contribution is -2.66. The van der Waals surface area contributed by atoms with Crippen molar-refractivity contribution in [2.24, 2.45) is 5.73 Å². The number of hydrogen-bond acceptors (Lipinski definition) is 5. The Morgan fingerprint density at radius 1 is 1.03 bits per heavy atom. The van der Waals surface area contributed by atoms with Crippen LogP contribution in [0.25, 0.3) is 0 Å². The van der Waals surface area contributed by atoms with E-state index in [1.54, 1.807) is 42.5 Å². The highest BCUT2D eigenvalue weighted by atomic mass is 35.5. The fourth-order valence-corrected chi connectivity index (χ4v) is 5.66. The Hall–Kier alpha value is -2.88. The van der Waals surface area contributed by atoms with Gasteiger partial charge in [0, 0.05) is 23.7 Å². The monoisotopic (exact) mass is 488 g/mol. The topological polar surface area (TPSA) is 104 Å². The maximum Gasteiger partial charge on any atom is 0.265 e. The molecule has 0 spiro atoms. The number of nitrogens with two attached hydrogens (primary N) is 1. The minimum atomic E-state index is -4.02. The minimum Gasteiger partial charge on any atom is -0.318 e. The molecule has 33 heavy (non-hydrogen) atoms. The summed E-state index contributed by atoms with van der Waals surface area (Å²) in [6.07, 6.45) is 1.63. The van der Waals surface area contributed by atoms with Gasteiger partial charge in [-0.15, -0.1) is 0 Å². The number of fused-ring (bicyclic) bond motifs is 1. The lowest BCUT2D eigenvalue weighted by Gasteiger charge is -2.48. The Bertz CT molecular complexity index is 1200. The van der Waals surface area contributed by atoms with Crippen LogP contribution in [0.2, 0.25) is 5.02 Å². The maximum atomic E-state index is 13.5. The predicted octanol–water partition coefficient (Wildman–Crippen LogP) is 2.16. The second-order valence-electron chi connectivity index (χ2n) is 8.34. The van der Waals surface area contributed by atoms with Gasteiger partial charge in [-0.25, -0.2) is 12.7 Å². The number of benzene rings is 2. The van der Waals surface area contributed by atoms with Crippen molar-refractivity contribution in [2.75, 3.05) is 6.54 Å². The Morgan fingerprint density at radius 3 is 2.27 bits per heavy atom. The fraction of sp³-hybridized carbons (Fsp3) is 0.304. The van der Waals surface area contributed by atoms with Gasteiger partial charge in [-0.05, 0) is 43.7 Å². The van der Waals surface area contributed by atoms with Crippen molar-refractivity contribution in [3.63, 3.8) is 0 Å². The summed E-state index contributed by atoms with van der Waals surface area (Å²) >= 11 is 5.99. The molecule has 2 aromatic rings. The number of rotatable bonds is 5. The Balaban J connectivity index is 1.83. The van der Waals surface area contributed by atoms with E-state index in [9.17, 15) is 18.0 Å². The number of carbonyl (C=O) groups excluding carboxylic acids is 2. The summed E-state index contributed by atoms with van der Waals surface area (Å²) in [6.45, 7) is 3.44. The van der Waals surface area contributed by atoms with Gasteiger partial charge in [-0.1, -0.05) is 41.9 Å². The van der Waals surface area contributed by atoms with Crippen LogP contribution in [-0.4, -0.2) is 59.0 Å². The first-order valence-corrected chi connectivity index (χ1v) is 12.4. The zero-order valence-electron chi connectivity index (χ0n) is 18.3. The molecule has 2 atom stereocenters. The van der Waals surface area contributed by atoms with Crippen LogP contribution >= 0.6 is 11.6 Å². The average molecular weight is 489 g/mol. The van der Waals surface area contributed by atoms with Crippen LogP contribution in [0, 0.1) is 0 Å². The molecule has 2 aliphatic heterocycles. The number of carbonyl (C=O) groups is 2. The zero-order chi connectivity index (χ0) is 23.9. The van der Waals surface area contributed by atoms with Crippen molar-refractivity contribution >= 4 is 33.4 Å². The van der Waals surface area contributed by atoms with Gasteiger partial charge in [0.1, 0.15) is 17.9 Å². The SMILES string of the molecule is CC(C)N1C=C2N(C(=O)C(N)CN2S(=O)(=O)c2ccccc2)C(Cc2ccc(Cl)cc2)C1=O. The molecule has 174 valence electrons. The number of sulfonamides is 1. The summed E-state index contributed by atoms with van der Waals surface area (Å²) in [7, 11) is -4.02. The van der Waals surface area contributed by atoms with Crippen molar-refractivity contribution in [3.8, 4) is 0 Å². The Morgan fingerprint density at radius 2 is 1.67 bits per heavy atom. The first kappa shape index (κ1) is 23.3. The largest absolute Gasteiger partial charge is 0.318 e. The third-order valence-electron chi connectivity index (χ3n) is 5.76. The summed E-state index contributed by atoms with van der Waals surface area (Å²) in [5.74, 6) is -0.669. The van der Waals surface area contributed by atoms with E-state index in [1.165, 1.54) is 28.1 Å². The molecule has 0 aliphatic carbocycles. The molecule has 2 aliphatic rings. The zero-order valence-corrected chi connectivity index (χ0v) is 19.8. The molecule has 0 aromatic heterocycles. The standard InChI is InChI=1S/C23H25ClN4O4S/c1-15(2)26-14-21-27(33(31,32)18-6-4-3-5-7-18)13-19(25)22(29)28(21)20(23(26)30)12-16-8-10-17(24)11-9-16/h3-11,14-15,19-20H,12-13,25H2,1-2H3. The van der Waals surface area contributed by atoms with Crippen LogP contribution in [-0.2, 0) is 26.0 Å². The van der Waals surface area contributed by atoms with Gasteiger partial charge in [-0.3, -0.25) is 14.5 Å². The van der Waals surface area contributed by atoms with Gasteiger partial charge in [0.15, 0.2) is 0 Å². The molecule has 2 heterocycles. The van der Waals surface area contributed by atoms with Gasteiger partial charge >= 0.3 is 0 Å². The first-order valence-electron chi connectivity index (χ1n) is 10.6. The molecule has 2 N–H and O–H groups in total. The Labute approximate surface area is 198 Å². The maximum absolute atomic E-state index is 13.5. The van der Waals surface area contributed by atoms with E-state index in [2.05, 4.69) is 0 Å².